The summed E-state index contributed by atoms with van der Waals surface area (Å²) in [5, 5.41) is 14.0. The first-order valence-electron chi connectivity index (χ1n) is 8.12. The number of benzene rings is 2. The molecule has 2 aromatic carbocycles. The Labute approximate surface area is 178 Å². The highest BCUT2D eigenvalue weighted by Gasteiger charge is 2.19. The Morgan fingerprint density at radius 2 is 2.04 bits per heavy atom. The van der Waals surface area contributed by atoms with Crippen LogP contribution < -0.4 is 15.4 Å². The standard InChI is InChI=1S/C18H16BrFN4O2S2/c1-10(16(25)21-13-8-7-11(19)9-12(13)20)27-18-24-23-17(28-18)22-14-5-3-4-6-15(14)26-2/h3-10H,1-2H3,(H,21,25)(H,22,23). The van der Waals surface area contributed by atoms with Gasteiger partial charge in [-0.1, -0.05) is 51.2 Å². The van der Waals surface area contributed by atoms with E-state index in [0.717, 1.165) is 5.69 Å². The molecule has 0 radical (unpaired) electrons. The zero-order valence-corrected chi connectivity index (χ0v) is 18.1. The third-order valence-electron chi connectivity index (χ3n) is 3.59. The molecule has 2 N–H and O–H groups in total. The second kappa shape index (κ2) is 9.35. The number of rotatable bonds is 7. The molecule has 1 heterocycles. The maximum absolute atomic E-state index is 13.9. The van der Waals surface area contributed by atoms with Gasteiger partial charge in [0.1, 0.15) is 11.6 Å². The van der Waals surface area contributed by atoms with E-state index < -0.39 is 11.1 Å². The molecule has 0 aliphatic heterocycles. The Morgan fingerprint density at radius 3 is 2.79 bits per heavy atom. The van der Waals surface area contributed by atoms with Crippen LogP contribution in [0, 0.1) is 5.82 Å². The van der Waals surface area contributed by atoms with Gasteiger partial charge in [0.2, 0.25) is 11.0 Å². The second-order valence-electron chi connectivity index (χ2n) is 5.57. The molecular formula is C18H16BrFN4O2S2. The lowest BCUT2D eigenvalue weighted by molar-refractivity contribution is -0.115. The molecule has 1 atom stereocenters. The van der Waals surface area contributed by atoms with Crippen molar-refractivity contribution in [2.75, 3.05) is 17.7 Å². The summed E-state index contributed by atoms with van der Waals surface area (Å²) in [6, 6.07) is 11.9. The number of anilines is 3. The van der Waals surface area contributed by atoms with Crippen molar-refractivity contribution in [3.8, 4) is 5.75 Å². The number of carbonyl (C=O) groups is 1. The van der Waals surface area contributed by atoms with Gasteiger partial charge in [0, 0.05) is 4.47 Å². The Morgan fingerprint density at radius 1 is 1.25 bits per heavy atom. The van der Waals surface area contributed by atoms with E-state index in [0.29, 0.717) is 19.7 Å². The molecule has 1 amide bonds. The van der Waals surface area contributed by atoms with E-state index in [4.69, 9.17) is 4.74 Å². The fourth-order valence-corrected chi connectivity index (χ4v) is 4.44. The number of methoxy groups -OCH3 is 1. The minimum absolute atomic E-state index is 0.136. The molecule has 10 heteroatoms. The maximum Gasteiger partial charge on any atom is 0.237 e. The van der Waals surface area contributed by atoms with Crippen LogP contribution in [0.25, 0.3) is 0 Å². The van der Waals surface area contributed by atoms with Crippen LogP contribution in [-0.4, -0.2) is 28.5 Å². The Bertz CT molecular complexity index is 986. The third kappa shape index (κ3) is 5.21. The average molecular weight is 483 g/mol. The summed E-state index contributed by atoms with van der Waals surface area (Å²) >= 11 is 5.76. The zero-order chi connectivity index (χ0) is 20.1. The van der Waals surface area contributed by atoms with E-state index in [1.165, 1.54) is 35.2 Å². The van der Waals surface area contributed by atoms with Crippen LogP contribution in [0.3, 0.4) is 0 Å². The first-order chi connectivity index (χ1) is 13.5. The predicted molar refractivity (Wildman–Crippen MR) is 114 cm³/mol. The Balaban J connectivity index is 1.61. The Kier molecular flexibility index (Phi) is 6.87. The number of ether oxygens (including phenoxy) is 1. The van der Waals surface area contributed by atoms with Gasteiger partial charge in [-0.25, -0.2) is 4.39 Å². The molecule has 0 aliphatic rings. The first kappa shape index (κ1) is 20.6. The highest BCUT2D eigenvalue weighted by Crippen LogP contribution is 2.33. The highest BCUT2D eigenvalue weighted by atomic mass is 79.9. The zero-order valence-electron chi connectivity index (χ0n) is 14.9. The summed E-state index contributed by atoms with van der Waals surface area (Å²) in [5.41, 5.74) is 0.908. The van der Waals surface area contributed by atoms with Crippen LogP contribution >= 0.6 is 39.0 Å². The van der Waals surface area contributed by atoms with Crippen molar-refractivity contribution in [1.82, 2.24) is 10.2 Å². The fourth-order valence-electron chi connectivity index (χ4n) is 2.20. The molecule has 28 heavy (non-hydrogen) atoms. The summed E-state index contributed by atoms with van der Waals surface area (Å²) in [6.45, 7) is 1.73. The molecule has 0 saturated carbocycles. The molecule has 0 spiro atoms. The van der Waals surface area contributed by atoms with E-state index in [1.807, 2.05) is 24.3 Å². The number of hydrogen-bond acceptors (Lipinski definition) is 7. The van der Waals surface area contributed by atoms with Crippen LogP contribution in [0.2, 0.25) is 0 Å². The fraction of sp³-hybridized carbons (Fsp3) is 0.167. The second-order valence-corrected chi connectivity index (χ2v) is 9.05. The van der Waals surface area contributed by atoms with Crippen LogP contribution in [-0.2, 0) is 4.79 Å². The average Bonchev–Trinajstić information content (AvgIpc) is 3.11. The van der Waals surface area contributed by atoms with Gasteiger partial charge < -0.3 is 15.4 Å². The Hall–Kier alpha value is -2.17. The minimum atomic E-state index is -0.501. The van der Waals surface area contributed by atoms with E-state index in [1.54, 1.807) is 20.1 Å². The van der Waals surface area contributed by atoms with Gasteiger partial charge >= 0.3 is 0 Å². The topological polar surface area (TPSA) is 76.1 Å². The number of thioether (sulfide) groups is 1. The van der Waals surface area contributed by atoms with Crippen molar-refractivity contribution in [2.24, 2.45) is 0 Å². The van der Waals surface area contributed by atoms with E-state index >= 15 is 0 Å². The third-order valence-corrected chi connectivity index (χ3v) is 6.11. The van der Waals surface area contributed by atoms with Gasteiger partial charge in [-0.2, -0.15) is 0 Å². The lowest BCUT2D eigenvalue weighted by atomic mass is 10.3. The van der Waals surface area contributed by atoms with Crippen molar-refractivity contribution >= 4 is 61.4 Å². The summed E-state index contributed by atoms with van der Waals surface area (Å²) in [6.07, 6.45) is 0. The van der Waals surface area contributed by atoms with Gasteiger partial charge in [0.05, 0.1) is 23.7 Å². The summed E-state index contributed by atoms with van der Waals surface area (Å²) < 4.78 is 20.4. The number of nitrogens with zero attached hydrogens (tertiary/aromatic N) is 2. The van der Waals surface area contributed by atoms with Crippen molar-refractivity contribution in [3.63, 3.8) is 0 Å². The number of amides is 1. The van der Waals surface area contributed by atoms with Crippen molar-refractivity contribution < 1.29 is 13.9 Å². The number of nitrogens with one attached hydrogen (secondary N) is 2. The van der Waals surface area contributed by atoms with Gasteiger partial charge in [0.15, 0.2) is 4.34 Å². The predicted octanol–water partition coefficient (Wildman–Crippen LogP) is 5.31. The molecule has 1 unspecified atom stereocenters. The van der Waals surface area contributed by atoms with Crippen LogP contribution in [0.4, 0.5) is 20.9 Å². The van der Waals surface area contributed by atoms with Crippen LogP contribution in [0.15, 0.2) is 51.3 Å². The van der Waals surface area contributed by atoms with Crippen molar-refractivity contribution in [3.05, 3.63) is 52.8 Å². The normalized spacial score (nSPS) is 11.7. The monoisotopic (exact) mass is 482 g/mol. The molecule has 6 nitrogen and oxygen atoms in total. The van der Waals surface area contributed by atoms with Gasteiger partial charge in [-0.05, 0) is 37.3 Å². The molecule has 3 aromatic rings. The number of aromatic nitrogens is 2. The quantitative estimate of drug-likeness (QED) is 0.444. The summed E-state index contributed by atoms with van der Waals surface area (Å²) in [7, 11) is 1.59. The van der Waals surface area contributed by atoms with Gasteiger partial charge in [-0.3, -0.25) is 4.79 Å². The van der Waals surface area contributed by atoms with Crippen LogP contribution in [0.1, 0.15) is 6.92 Å². The molecule has 1 aromatic heterocycles. The van der Waals surface area contributed by atoms with Gasteiger partial charge in [0.25, 0.3) is 0 Å². The molecule has 0 fully saturated rings. The lowest BCUT2D eigenvalue weighted by Gasteiger charge is -2.11. The largest absolute Gasteiger partial charge is 0.495 e. The molecule has 0 bridgehead atoms. The lowest BCUT2D eigenvalue weighted by Crippen LogP contribution is -2.22. The first-order valence-corrected chi connectivity index (χ1v) is 10.6. The number of para-hydroxylation sites is 2. The number of halogens is 2. The van der Waals surface area contributed by atoms with Crippen molar-refractivity contribution in [1.29, 1.82) is 0 Å². The molecule has 0 aliphatic carbocycles. The van der Waals surface area contributed by atoms with E-state index in [-0.39, 0.29) is 11.6 Å². The van der Waals surface area contributed by atoms with Crippen molar-refractivity contribution in [2.45, 2.75) is 16.5 Å². The molecule has 3 rings (SSSR count). The van der Waals surface area contributed by atoms with E-state index in [2.05, 4.69) is 36.8 Å². The minimum Gasteiger partial charge on any atom is -0.495 e. The number of carbonyl (C=O) groups excluding carboxylic acids is 1. The molecule has 146 valence electrons. The maximum atomic E-state index is 13.9. The van der Waals surface area contributed by atoms with E-state index in [9.17, 15) is 9.18 Å². The summed E-state index contributed by atoms with van der Waals surface area (Å²) in [5.74, 6) is -0.129. The molecular weight excluding hydrogens is 467 g/mol. The number of hydrogen-bond donors (Lipinski definition) is 2. The SMILES string of the molecule is COc1ccccc1Nc1nnc(SC(C)C(=O)Nc2ccc(Br)cc2F)s1. The highest BCUT2D eigenvalue weighted by molar-refractivity contribution is 9.10. The molecule has 0 saturated heterocycles. The smallest absolute Gasteiger partial charge is 0.237 e. The summed E-state index contributed by atoms with van der Waals surface area (Å²) in [4.78, 5) is 12.3. The van der Waals surface area contributed by atoms with Gasteiger partial charge in [-0.15, -0.1) is 10.2 Å². The van der Waals surface area contributed by atoms with Crippen LogP contribution in [0.5, 0.6) is 5.75 Å².